The van der Waals surface area contributed by atoms with Crippen LogP contribution in [0.15, 0.2) is 42.2 Å². The highest BCUT2D eigenvalue weighted by Crippen LogP contribution is 2.74. The molecule has 1 aromatic rings. The van der Waals surface area contributed by atoms with Gasteiger partial charge in [-0.2, -0.15) is 0 Å². The predicted molar refractivity (Wildman–Crippen MR) is 75.2 cm³/mol. The minimum atomic E-state index is -1.44. The summed E-state index contributed by atoms with van der Waals surface area (Å²) < 4.78 is 0. The molecule has 3 atom stereocenters. The van der Waals surface area contributed by atoms with Gasteiger partial charge in [0.2, 0.25) is 0 Å². The van der Waals surface area contributed by atoms with Gasteiger partial charge in [0.05, 0.1) is 11.0 Å². The van der Waals surface area contributed by atoms with Crippen molar-refractivity contribution in [3.63, 3.8) is 0 Å². The highest BCUT2D eigenvalue weighted by atomic mass is 32.7. The molecule has 0 aromatic heterocycles. The molecule has 1 fully saturated rings. The number of hydrogen-bond donors (Lipinski definition) is 0. The maximum absolute atomic E-state index is 6.07. The zero-order valence-corrected chi connectivity index (χ0v) is 11.3. The fourth-order valence-corrected chi connectivity index (χ4v) is 8.49. The Morgan fingerprint density at radius 3 is 2.81 bits per heavy atom. The lowest BCUT2D eigenvalue weighted by molar-refractivity contribution is 0.462. The molecule has 1 heterocycles. The molecule has 84 valence electrons. The molecule has 0 spiro atoms. The first-order valence-electron chi connectivity index (χ1n) is 6.01. The average Bonchev–Trinajstić information content (AvgIpc) is 2.80. The molecule has 1 aromatic carbocycles. The van der Waals surface area contributed by atoms with Crippen molar-refractivity contribution in [3.05, 3.63) is 42.2 Å². The Labute approximate surface area is 104 Å². The Hall–Kier alpha value is -0.260. The number of rotatable bonds is 1. The van der Waals surface area contributed by atoms with Gasteiger partial charge in [-0.3, -0.25) is 0 Å². The van der Waals surface area contributed by atoms with Gasteiger partial charge in [-0.15, -0.1) is 0 Å². The van der Waals surface area contributed by atoms with Crippen LogP contribution in [0, 0.1) is 5.41 Å². The van der Waals surface area contributed by atoms with Crippen LogP contribution in [-0.2, 0) is 12.2 Å². The molecular weight excluding hydrogens is 231 g/mol. The van der Waals surface area contributed by atoms with Crippen molar-refractivity contribution >= 4 is 24.0 Å². The third kappa shape index (κ3) is 1.41. The first-order valence-corrected chi connectivity index (χ1v) is 8.95. The zero-order valence-electron chi connectivity index (χ0n) is 9.60. The van der Waals surface area contributed by atoms with Gasteiger partial charge in [0, 0.05) is 11.2 Å². The van der Waals surface area contributed by atoms with Crippen molar-refractivity contribution in [1.82, 2.24) is 0 Å². The smallest absolute Gasteiger partial charge is 0.0774 e. The molecule has 0 bridgehead atoms. The SMILES string of the molecule is C[C@]12C=C[P+]([S-])(c3ccccc3)[C@H]1CCC2. The number of allylic oxidation sites excluding steroid dienone is 1. The van der Waals surface area contributed by atoms with Crippen LogP contribution in [0.25, 0.3) is 0 Å². The van der Waals surface area contributed by atoms with E-state index in [-0.39, 0.29) is 0 Å². The molecule has 0 saturated heterocycles. The molecule has 16 heavy (non-hydrogen) atoms. The first kappa shape index (κ1) is 10.9. The largest absolute Gasteiger partial charge is 0.546 e. The molecule has 1 aliphatic heterocycles. The summed E-state index contributed by atoms with van der Waals surface area (Å²) in [4.78, 5) is 0. The molecule has 1 aliphatic carbocycles. The lowest BCUT2D eigenvalue weighted by atomic mass is 9.89. The van der Waals surface area contributed by atoms with Crippen molar-refractivity contribution in [3.8, 4) is 0 Å². The van der Waals surface area contributed by atoms with Gasteiger partial charge in [-0.1, -0.05) is 25.1 Å². The summed E-state index contributed by atoms with van der Waals surface area (Å²) in [5.74, 6) is 2.39. The summed E-state index contributed by atoms with van der Waals surface area (Å²) in [7, 11) is 0. The second kappa shape index (κ2) is 3.62. The lowest BCUT2D eigenvalue weighted by Gasteiger charge is -2.36. The fraction of sp³-hybridized carbons (Fsp3) is 0.429. The Balaban J connectivity index is 2.05. The van der Waals surface area contributed by atoms with E-state index in [0.717, 1.165) is 5.66 Å². The Morgan fingerprint density at radius 2 is 2.06 bits per heavy atom. The molecular formula is C14H17PS. The van der Waals surface area contributed by atoms with Crippen molar-refractivity contribution in [2.75, 3.05) is 0 Å². The first-order chi connectivity index (χ1) is 7.65. The van der Waals surface area contributed by atoms with E-state index in [4.69, 9.17) is 12.2 Å². The van der Waals surface area contributed by atoms with Gasteiger partial charge < -0.3 is 12.2 Å². The summed E-state index contributed by atoms with van der Waals surface area (Å²) >= 11 is 6.07. The lowest BCUT2D eigenvalue weighted by Crippen LogP contribution is -2.25. The van der Waals surface area contributed by atoms with Gasteiger partial charge in [0.25, 0.3) is 0 Å². The summed E-state index contributed by atoms with van der Waals surface area (Å²) in [5, 5.41) is 1.41. The number of hydrogen-bond acceptors (Lipinski definition) is 1. The highest BCUT2D eigenvalue weighted by Gasteiger charge is 2.53. The van der Waals surface area contributed by atoms with Crippen LogP contribution in [-0.4, -0.2) is 5.66 Å². The summed E-state index contributed by atoms with van der Waals surface area (Å²) in [5.41, 5.74) is 1.14. The van der Waals surface area contributed by atoms with Gasteiger partial charge in [0.15, 0.2) is 0 Å². The minimum Gasteiger partial charge on any atom is -0.546 e. The highest BCUT2D eigenvalue weighted by molar-refractivity contribution is 8.47. The maximum atomic E-state index is 6.07. The monoisotopic (exact) mass is 248 g/mol. The minimum absolute atomic E-state index is 0.408. The van der Waals surface area contributed by atoms with Gasteiger partial charge in [0.1, 0.15) is 0 Å². The zero-order chi connectivity index (χ0) is 11.2. The quantitative estimate of drug-likeness (QED) is 0.537. The van der Waals surface area contributed by atoms with Crippen LogP contribution < -0.4 is 5.30 Å². The molecule has 0 amide bonds. The Morgan fingerprint density at radius 1 is 1.31 bits per heavy atom. The van der Waals surface area contributed by atoms with Crippen LogP contribution in [0.4, 0.5) is 0 Å². The van der Waals surface area contributed by atoms with Gasteiger partial charge in [-0.25, -0.2) is 0 Å². The van der Waals surface area contributed by atoms with E-state index >= 15 is 0 Å². The Kier molecular flexibility index (Phi) is 2.46. The Bertz CT molecular complexity index is 428. The van der Waals surface area contributed by atoms with Crippen LogP contribution in [0.1, 0.15) is 26.2 Å². The molecule has 3 rings (SSSR count). The summed E-state index contributed by atoms with van der Waals surface area (Å²) in [6.07, 6.45) is 6.45. The van der Waals surface area contributed by atoms with Crippen LogP contribution in [0.2, 0.25) is 0 Å². The molecule has 1 saturated carbocycles. The van der Waals surface area contributed by atoms with Gasteiger partial charge >= 0.3 is 0 Å². The molecule has 1 unspecified atom stereocenters. The van der Waals surface area contributed by atoms with Crippen molar-refractivity contribution in [2.24, 2.45) is 5.41 Å². The molecule has 0 nitrogen and oxygen atoms in total. The third-order valence-electron chi connectivity index (χ3n) is 4.25. The topological polar surface area (TPSA) is 0 Å². The predicted octanol–water partition coefficient (Wildman–Crippen LogP) is 3.88. The second-order valence-corrected chi connectivity index (χ2v) is 9.94. The van der Waals surface area contributed by atoms with E-state index in [1.54, 1.807) is 0 Å². The van der Waals surface area contributed by atoms with E-state index in [0.29, 0.717) is 5.41 Å². The van der Waals surface area contributed by atoms with Crippen LogP contribution in [0.3, 0.4) is 0 Å². The van der Waals surface area contributed by atoms with Crippen LogP contribution >= 0.6 is 6.46 Å². The van der Waals surface area contributed by atoms with Crippen LogP contribution in [0.5, 0.6) is 0 Å². The molecule has 2 heteroatoms. The number of benzene rings is 1. The van der Waals surface area contributed by atoms with E-state index in [2.05, 4.69) is 49.1 Å². The van der Waals surface area contributed by atoms with E-state index in [1.807, 2.05) is 0 Å². The maximum Gasteiger partial charge on any atom is 0.0774 e. The van der Waals surface area contributed by atoms with E-state index in [1.165, 1.54) is 24.6 Å². The standard InChI is InChI=1S/C14H17PS/c1-14-9-5-8-13(14)15(16,11-10-14)12-6-3-2-4-7-12/h2-4,6-7,10-11,13H,5,8-9H2,1H3/t13-,14-,15?/m0/s1. The normalized spacial score (nSPS) is 41.2. The summed E-state index contributed by atoms with van der Waals surface area (Å²) in [6, 6.07) is 10.8. The molecule has 0 radical (unpaired) electrons. The molecule has 0 N–H and O–H groups in total. The van der Waals surface area contributed by atoms with Crippen molar-refractivity contribution in [1.29, 1.82) is 0 Å². The van der Waals surface area contributed by atoms with Crippen molar-refractivity contribution in [2.45, 2.75) is 31.8 Å². The molecule has 2 aliphatic rings. The van der Waals surface area contributed by atoms with Crippen molar-refractivity contribution < 1.29 is 0 Å². The van der Waals surface area contributed by atoms with E-state index < -0.39 is 6.46 Å². The summed E-state index contributed by atoms with van der Waals surface area (Å²) in [6.45, 7) is 0.962. The van der Waals surface area contributed by atoms with Gasteiger partial charge in [-0.05, 0) is 43.9 Å². The fourth-order valence-electron chi connectivity index (χ4n) is 3.31. The van der Waals surface area contributed by atoms with E-state index in [9.17, 15) is 0 Å². The second-order valence-electron chi connectivity index (χ2n) is 5.27. The number of fused-ring (bicyclic) bond motifs is 1. The average molecular weight is 248 g/mol. The third-order valence-corrected chi connectivity index (χ3v) is 9.49.